The average Bonchev–Trinajstić information content (AvgIpc) is 2.09. The summed E-state index contributed by atoms with van der Waals surface area (Å²) in [5.74, 6) is -2.93. The number of aliphatic hydroxyl groups excluding tert-OH is 4. The van der Waals surface area contributed by atoms with Gasteiger partial charge in [-0.05, 0) is 0 Å². The molecule has 0 spiro atoms. The minimum Gasteiger partial charge on any atom is -0.394 e. The van der Waals surface area contributed by atoms with Crippen molar-refractivity contribution in [3.05, 3.63) is 0 Å². The summed E-state index contributed by atoms with van der Waals surface area (Å²) in [6.07, 6.45) is -6.96. The molecule has 0 bridgehead atoms. The maximum Gasteiger partial charge on any atom is 0.245 e. The van der Waals surface area contributed by atoms with Gasteiger partial charge in [0.05, 0.1) is 6.61 Å². The Morgan fingerprint density at radius 1 is 1.15 bits per heavy atom. The highest BCUT2D eigenvalue weighted by atomic mass is 16.7. The Morgan fingerprint density at radius 2 is 1.69 bits per heavy atom. The SMILES string of the molecule is OCC1O[C@@H](O)C(O)(O)C(O)[C@@H]1O. The zero-order chi connectivity index (χ0) is 10.2. The number of rotatable bonds is 1. The van der Waals surface area contributed by atoms with Gasteiger partial charge in [-0.1, -0.05) is 0 Å². The van der Waals surface area contributed by atoms with E-state index in [9.17, 15) is 0 Å². The van der Waals surface area contributed by atoms with Crippen LogP contribution in [0.5, 0.6) is 0 Å². The standard InChI is InChI=1S/C6H12O7/c7-1-2-3(8)4(9)6(11,12)5(10)13-2/h2-5,7-12H,1H2/t2?,3-,4?,5-/m1/s1. The van der Waals surface area contributed by atoms with Crippen LogP contribution in [-0.2, 0) is 4.74 Å². The number of hydrogen-bond donors (Lipinski definition) is 6. The summed E-state index contributed by atoms with van der Waals surface area (Å²) in [7, 11) is 0. The Bertz CT molecular complexity index is 182. The van der Waals surface area contributed by atoms with E-state index in [1.54, 1.807) is 0 Å². The lowest BCUT2D eigenvalue weighted by molar-refractivity contribution is -0.395. The molecule has 0 aromatic rings. The first-order valence-corrected chi connectivity index (χ1v) is 3.66. The molecule has 0 saturated carbocycles. The predicted octanol–water partition coefficient (Wildman–Crippen LogP) is -3.90. The van der Waals surface area contributed by atoms with Crippen LogP contribution in [0.3, 0.4) is 0 Å². The molecule has 0 amide bonds. The molecule has 4 atom stereocenters. The average molecular weight is 196 g/mol. The Morgan fingerprint density at radius 3 is 2.15 bits per heavy atom. The highest BCUT2D eigenvalue weighted by molar-refractivity contribution is 4.92. The highest BCUT2D eigenvalue weighted by Gasteiger charge is 2.53. The van der Waals surface area contributed by atoms with Crippen LogP contribution >= 0.6 is 0 Å². The first-order chi connectivity index (χ1) is 5.91. The molecule has 0 aliphatic carbocycles. The molecule has 1 rings (SSSR count). The molecule has 7 nitrogen and oxygen atoms in total. The number of aliphatic hydroxyl groups is 6. The molecule has 1 heterocycles. The number of ether oxygens (including phenoxy) is 1. The van der Waals surface area contributed by atoms with Gasteiger partial charge >= 0.3 is 0 Å². The van der Waals surface area contributed by atoms with Crippen LogP contribution in [-0.4, -0.2) is 67.6 Å². The maximum absolute atomic E-state index is 9.12. The molecule has 2 unspecified atom stereocenters. The Kier molecular flexibility index (Phi) is 2.88. The minimum atomic E-state index is -2.93. The van der Waals surface area contributed by atoms with E-state index in [1.807, 2.05) is 0 Å². The van der Waals surface area contributed by atoms with Crippen molar-refractivity contribution in [2.24, 2.45) is 0 Å². The molecular formula is C6H12O7. The highest BCUT2D eigenvalue weighted by Crippen LogP contribution is 2.26. The van der Waals surface area contributed by atoms with Crippen molar-refractivity contribution < 1.29 is 35.4 Å². The van der Waals surface area contributed by atoms with Gasteiger partial charge in [0.2, 0.25) is 12.1 Å². The summed E-state index contributed by atoms with van der Waals surface area (Å²) in [4.78, 5) is 0. The van der Waals surface area contributed by atoms with E-state index >= 15 is 0 Å². The lowest BCUT2D eigenvalue weighted by Crippen LogP contribution is -2.66. The van der Waals surface area contributed by atoms with E-state index in [-0.39, 0.29) is 0 Å². The van der Waals surface area contributed by atoms with Crippen molar-refractivity contribution >= 4 is 0 Å². The van der Waals surface area contributed by atoms with Crippen molar-refractivity contribution in [3.63, 3.8) is 0 Å². The lowest BCUT2D eigenvalue weighted by atomic mass is 9.96. The molecule has 0 radical (unpaired) electrons. The molecular weight excluding hydrogens is 184 g/mol. The van der Waals surface area contributed by atoms with Crippen molar-refractivity contribution in [2.75, 3.05) is 6.61 Å². The van der Waals surface area contributed by atoms with Crippen LogP contribution in [0.15, 0.2) is 0 Å². The second-order valence-electron chi connectivity index (χ2n) is 2.93. The molecule has 1 saturated heterocycles. The summed E-state index contributed by atoms with van der Waals surface area (Å²) < 4.78 is 4.43. The van der Waals surface area contributed by atoms with Gasteiger partial charge in [0.25, 0.3) is 0 Å². The quantitative estimate of drug-likeness (QED) is 0.236. The molecule has 0 aromatic heterocycles. The van der Waals surface area contributed by atoms with Gasteiger partial charge in [-0.3, -0.25) is 0 Å². The second kappa shape index (κ2) is 3.46. The van der Waals surface area contributed by atoms with Crippen molar-refractivity contribution in [2.45, 2.75) is 30.4 Å². The zero-order valence-corrected chi connectivity index (χ0v) is 6.61. The van der Waals surface area contributed by atoms with Gasteiger partial charge < -0.3 is 35.4 Å². The van der Waals surface area contributed by atoms with E-state index in [2.05, 4.69) is 4.74 Å². The first-order valence-electron chi connectivity index (χ1n) is 3.66. The first kappa shape index (κ1) is 10.8. The van der Waals surface area contributed by atoms with Crippen LogP contribution < -0.4 is 0 Å². The van der Waals surface area contributed by atoms with Crippen LogP contribution in [0.2, 0.25) is 0 Å². The summed E-state index contributed by atoms with van der Waals surface area (Å²) in [6, 6.07) is 0. The topological polar surface area (TPSA) is 131 Å². The normalized spacial score (nSPS) is 44.8. The molecule has 1 aliphatic rings. The van der Waals surface area contributed by atoms with Gasteiger partial charge in [0, 0.05) is 0 Å². The predicted molar refractivity (Wildman–Crippen MR) is 37.1 cm³/mol. The van der Waals surface area contributed by atoms with Crippen molar-refractivity contribution in [3.8, 4) is 0 Å². The van der Waals surface area contributed by atoms with E-state index in [0.29, 0.717) is 0 Å². The van der Waals surface area contributed by atoms with Gasteiger partial charge in [-0.15, -0.1) is 0 Å². The fraction of sp³-hybridized carbons (Fsp3) is 1.00. The van der Waals surface area contributed by atoms with E-state index < -0.39 is 37.0 Å². The van der Waals surface area contributed by atoms with Crippen LogP contribution in [0.25, 0.3) is 0 Å². The summed E-state index contributed by atoms with van der Waals surface area (Å²) in [6.45, 7) is -0.647. The molecule has 6 N–H and O–H groups in total. The molecule has 1 fully saturated rings. The monoisotopic (exact) mass is 196 g/mol. The fourth-order valence-corrected chi connectivity index (χ4v) is 1.10. The molecule has 13 heavy (non-hydrogen) atoms. The number of hydrogen-bond acceptors (Lipinski definition) is 7. The third kappa shape index (κ3) is 1.67. The van der Waals surface area contributed by atoms with Crippen LogP contribution in [0.4, 0.5) is 0 Å². The fourth-order valence-electron chi connectivity index (χ4n) is 1.10. The summed E-state index contributed by atoms with van der Waals surface area (Å²) in [5, 5.41) is 53.7. The van der Waals surface area contributed by atoms with Gasteiger partial charge in [-0.2, -0.15) is 0 Å². The van der Waals surface area contributed by atoms with Gasteiger partial charge in [0.15, 0.2) is 0 Å². The van der Waals surface area contributed by atoms with E-state index in [1.165, 1.54) is 0 Å². The Balaban J connectivity index is 2.79. The lowest BCUT2D eigenvalue weighted by Gasteiger charge is -2.42. The second-order valence-corrected chi connectivity index (χ2v) is 2.93. The van der Waals surface area contributed by atoms with Crippen LogP contribution in [0.1, 0.15) is 0 Å². The zero-order valence-electron chi connectivity index (χ0n) is 6.61. The van der Waals surface area contributed by atoms with Crippen molar-refractivity contribution in [1.82, 2.24) is 0 Å². The third-order valence-corrected chi connectivity index (χ3v) is 1.99. The Hall–Kier alpha value is -0.280. The smallest absolute Gasteiger partial charge is 0.245 e. The molecule has 7 heteroatoms. The molecule has 78 valence electrons. The summed E-state index contributed by atoms with van der Waals surface area (Å²) >= 11 is 0. The van der Waals surface area contributed by atoms with Crippen molar-refractivity contribution in [1.29, 1.82) is 0 Å². The minimum absolute atomic E-state index is 0.647. The van der Waals surface area contributed by atoms with Crippen LogP contribution in [0, 0.1) is 0 Å². The van der Waals surface area contributed by atoms with Gasteiger partial charge in [0.1, 0.15) is 18.3 Å². The third-order valence-electron chi connectivity index (χ3n) is 1.99. The molecule has 1 aliphatic heterocycles. The Labute approximate surface area is 73.4 Å². The van der Waals surface area contributed by atoms with Gasteiger partial charge in [-0.25, -0.2) is 0 Å². The van der Waals surface area contributed by atoms with E-state index in [0.717, 1.165) is 0 Å². The van der Waals surface area contributed by atoms with E-state index in [4.69, 9.17) is 30.6 Å². The largest absolute Gasteiger partial charge is 0.394 e. The maximum atomic E-state index is 9.12. The molecule has 0 aromatic carbocycles. The summed E-state index contributed by atoms with van der Waals surface area (Å²) in [5.41, 5.74) is 0.